The van der Waals surface area contributed by atoms with Gasteiger partial charge in [0, 0.05) is 4.91 Å². The van der Waals surface area contributed by atoms with Crippen molar-refractivity contribution in [1.82, 2.24) is 0 Å². The van der Waals surface area contributed by atoms with Gasteiger partial charge in [0.15, 0.2) is 0 Å². The van der Waals surface area contributed by atoms with Crippen LogP contribution < -0.4 is 5.73 Å². The van der Waals surface area contributed by atoms with Crippen molar-refractivity contribution in [3.05, 3.63) is 10.4 Å². The van der Waals surface area contributed by atoms with Crippen LogP contribution in [0.1, 0.15) is 6.92 Å². The average molecular weight is 144 g/mol. The molecule has 0 aliphatic rings. The van der Waals surface area contributed by atoms with Crippen LogP contribution in [0.15, 0.2) is 5.11 Å². The summed E-state index contributed by atoms with van der Waals surface area (Å²) in [5.74, 6) is -1.17. The van der Waals surface area contributed by atoms with Crippen LogP contribution in [-0.2, 0) is 4.79 Å². The van der Waals surface area contributed by atoms with Gasteiger partial charge in [0.2, 0.25) is 0 Å². The third-order valence-corrected chi connectivity index (χ3v) is 1.04. The standard InChI is InChI=1S/C4H8N4O2/c1-2(7-8-6)3(5)4(9)10/h2-3H,5H2,1H3,(H,9,10)/t2-,3+/m1/s1. The topological polar surface area (TPSA) is 112 Å². The van der Waals surface area contributed by atoms with Crippen LogP contribution >= 0.6 is 0 Å². The lowest BCUT2D eigenvalue weighted by Gasteiger charge is -2.07. The Morgan fingerprint density at radius 3 is 2.70 bits per heavy atom. The van der Waals surface area contributed by atoms with Crippen LogP contribution in [0.2, 0.25) is 0 Å². The van der Waals surface area contributed by atoms with Gasteiger partial charge in [-0.1, -0.05) is 12.0 Å². The lowest BCUT2D eigenvalue weighted by Crippen LogP contribution is -2.38. The molecule has 2 atom stereocenters. The molecule has 0 unspecified atom stereocenters. The second kappa shape index (κ2) is 3.71. The minimum Gasteiger partial charge on any atom is -0.480 e. The highest BCUT2D eigenvalue weighted by Crippen LogP contribution is 1.94. The first-order chi connectivity index (χ1) is 4.59. The summed E-state index contributed by atoms with van der Waals surface area (Å²) in [5.41, 5.74) is 13.0. The Hall–Kier alpha value is -1.26. The first-order valence-corrected chi connectivity index (χ1v) is 2.62. The third-order valence-electron chi connectivity index (χ3n) is 1.04. The Kier molecular flexibility index (Phi) is 3.24. The maximum absolute atomic E-state index is 10.1. The van der Waals surface area contributed by atoms with E-state index in [0.29, 0.717) is 0 Å². The van der Waals surface area contributed by atoms with Gasteiger partial charge in [-0.2, -0.15) is 0 Å². The average Bonchev–Trinajstić information content (AvgIpc) is 1.87. The number of carboxylic acid groups (broad SMARTS) is 1. The highest BCUT2D eigenvalue weighted by molar-refractivity contribution is 5.74. The molecule has 0 heterocycles. The number of carboxylic acids is 1. The molecule has 0 aliphatic carbocycles. The monoisotopic (exact) mass is 144 g/mol. The van der Waals surface area contributed by atoms with Crippen LogP contribution in [0.5, 0.6) is 0 Å². The van der Waals surface area contributed by atoms with Crippen molar-refractivity contribution in [3.8, 4) is 0 Å². The molecule has 6 heteroatoms. The Morgan fingerprint density at radius 2 is 2.40 bits per heavy atom. The fraction of sp³-hybridized carbons (Fsp3) is 0.750. The molecule has 0 saturated carbocycles. The number of nitrogens with zero attached hydrogens (tertiary/aromatic N) is 3. The zero-order valence-electron chi connectivity index (χ0n) is 5.43. The second-order valence-electron chi connectivity index (χ2n) is 1.81. The minimum atomic E-state index is -1.17. The van der Waals surface area contributed by atoms with Gasteiger partial charge in [-0.25, -0.2) is 0 Å². The van der Waals surface area contributed by atoms with E-state index in [0.717, 1.165) is 0 Å². The number of aliphatic carboxylic acids is 1. The van der Waals surface area contributed by atoms with E-state index in [9.17, 15) is 4.79 Å². The summed E-state index contributed by atoms with van der Waals surface area (Å²) >= 11 is 0. The highest BCUT2D eigenvalue weighted by atomic mass is 16.4. The summed E-state index contributed by atoms with van der Waals surface area (Å²) in [6.07, 6.45) is 0. The van der Waals surface area contributed by atoms with Crippen molar-refractivity contribution in [2.45, 2.75) is 19.0 Å². The Labute approximate surface area is 57.3 Å². The van der Waals surface area contributed by atoms with E-state index in [1.54, 1.807) is 0 Å². The van der Waals surface area contributed by atoms with E-state index >= 15 is 0 Å². The molecule has 0 aliphatic heterocycles. The number of hydrogen-bond donors (Lipinski definition) is 2. The molecular formula is C4H8N4O2. The molecule has 10 heavy (non-hydrogen) atoms. The first-order valence-electron chi connectivity index (χ1n) is 2.62. The Bertz CT molecular complexity index is 168. The summed E-state index contributed by atoms with van der Waals surface area (Å²) in [6.45, 7) is 1.44. The highest BCUT2D eigenvalue weighted by Gasteiger charge is 2.17. The predicted molar refractivity (Wildman–Crippen MR) is 34.2 cm³/mol. The van der Waals surface area contributed by atoms with Crippen LogP contribution in [0.3, 0.4) is 0 Å². The van der Waals surface area contributed by atoms with Crippen LogP contribution in [0.25, 0.3) is 10.4 Å². The summed E-state index contributed by atoms with van der Waals surface area (Å²) in [4.78, 5) is 12.5. The summed E-state index contributed by atoms with van der Waals surface area (Å²) in [5, 5.41) is 11.4. The van der Waals surface area contributed by atoms with Crippen LogP contribution in [-0.4, -0.2) is 23.2 Å². The molecule has 0 amide bonds. The van der Waals surface area contributed by atoms with Crippen molar-refractivity contribution < 1.29 is 9.90 Å². The smallest absolute Gasteiger partial charge is 0.320 e. The molecule has 0 aromatic heterocycles. The molecule has 56 valence electrons. The number of hydrogen-bond acceptors (Lipinski definition) is 3. The van der Waals surface area contributed by atoms with Crippen molar-refractivity contribution in [2.24, 2.45) is 10.8 Å². The van der Waals surface area contributed by atoms with Crippen molar-refractivity contribution in [1.29, 1.82) is 0 Å². The van der Waals surface area contributed by atoms with Crippen LogP contribution in [0.4, 0.5) is 0 Å². The predicted octanol–water partition coefficient (Wildman–Crippen LogP) is 0.0971. The SMILES string of the molecule is C[C@@H](N=[N+]=[N-])[C@H](N)C(=O)O. The molecule has 3 N–H and O–H groups in total. The van der Waals surface area contributed by atoms with Crippen LogP contribution in [0, 0.1) is 0 Å². The molecular weight excluding hydrogens is 136 g/mol. The number of rotatable bonds is 3. The van der Waals surface area contributed by atoms with Crippen molar-refractivity contribution in [2.75, 3.05) is 0 Å². The molecule has 0 aromatic carbocycles. The third kappa shape index (κ3) is 2.34. The molecule has 0 rings (SSSR count). The quantitative estimate of drug-likeness (QED) is 0.332. The van der Waals surface area contributed by atoms with Gasteiger partial charge in [0.05, 0.1) is 6.04 Å². The zero-order chi connectivity index (χ0) is 8.15. The van der Waals surface area contributed by atoms with E-state index < -0.39 is 18.1 Å². The summed E-state index contributed by atoms with van der Waals surface area (Å²) in [7, 11) is 0. The van der Waals surface area contributed by atoms with E-state index in [1.807, 2.05) is 0 Å². The van der Waals surface area contributed by atoms with E-state index in [-0.39, 0.29) is 0 Å². The Balaban J connectivity index is 4.06. The summed E-state index contributed by atoms with van der Waals surface area (Å²) in [6, 6.07) is -1.82. The molecule has 0 spiro atoms. The molecule has 6 nitrogen and oxygen atoms in total. The van der Waals surface area contributed by atoms with Gasteiger partial charge in [0.25, 0.3) is 0 Å². The first kappa shape index (κ1) is 8.74. The lowest BCUT2D eigenvalue weighted by molar-refractivity contribution is -0.138. The van der Waals surface area contributed by atoms with Gasteiger partial charge in [-0.05, 0) is 5.53 Å². The maximum Gasteiger partial charge on any atom is 0.320 e. The molecule has 0 saturated heterocycles. The Morgan fingerprint density at radius 1 is 1.90 bits per heavy atom. The maximum atomic E-state index is 10.1. The molecule has 0 aromatic rings. The molecule has 0 bridgehead atoms. The minimum absolute atomic E-state index is 0.706. The van der Waals surface area contributed by atoms with Gasteiger partial charge in [0.1, 0.15) is 6.04 Å². The second-order valence-corrected chi connectivity index (χ2v) is 1.81. The number of azide groups is 1. The number of nitrogens with two attached hydrogens (primary N) is 1. The summed E-state index contributed by atoms with van der Waals surface area (Å²) < 4.78 is 0. The number of carbonyl (C=O) groups is 1. The van der Waals surface area contributed by atoms with Gasteiger partial charge < -0.3 is 10.8 Å². The fourth-order valence-electron chi connectivity index (χ4n) is 0.360. The zero-order valence-corrected chi connectivity index (χ0v) is 5.43. The van der Waals surface area contributed by atoms with Gasteiger partial charge >= 0.3 is 5.97 Å². The van der Waals surface area contributed by atoms with Crippen molar-refractivity contribution >= 4 is 5.97 Å². The van der Waals surface area contributed by atoms with E-state index in [4.69, 9.17) is 16.4 Å². The van der Waals surface area contributed by atoms with Crippen molar-refractivity contribution in [3.63, 3.8) is 0 Å². The van der Waals surface area contributed by atoms with E-state index in [2.05, 4.69) is 10.0 Å². The fourth-order valence-corrected chi connectivity index (χ4v) is 0.360. The largest absolute Gasteiger partial charge is 0.480 e. The molecule has 0 radical (unpaired) electrons. The van der Waals surface area contributed by atoms with Gasteiger partial charge in [-0.3, -0.25) is 4.79 Å². The normalized spacial score (nSPS) is 15.0. The molecule has 0 fully saturated rings. The lowest BCUT2D eigenvalue weighted by atomic mass is 10.2. The van der Waals surface area contributed by atoms with Gasteiger partial charge in [-0.15, -0.1) is 0 Å². The van der Waals surface area contributed by atoms with E-state index in [1.165, 1.54) is 6.92 Å².